The quantitative estimate of drug-likeness (QED) is 0.861. The van der Waals surface area contributed by atoms with Crippen LogP contribution >= 0.6 is 27.5 Å². The zero-order valence-corrected chi connectivity index (χ0v) is 13.4. The minimum Gasteiger partial charge on any atom is -0.349 e. The molecule has 0 fully saturated rings. The first kappa shape index (κ1) is 15.1. The molecule has 0 aromatic heterocycles. The summed E-state index contributed by atoms with van der Waals surface area (Å²) in [5.41, 5.74) is 2.03. The summed E-state index contributed by atoms with van der Waals surface area (Å²) in [6.45, 7) is 1.98. The summed E-state index contributed by atoms with van der Waals surface area (Å²) in [7, 11) is 0. The van der Waals surface area contributed by atoms with Gasteiger partial charge in [0.2, 0.25) is 5.91 Å². The number of carbonyl (C=O) groups is 1. The van der Waals surface area contributed by atoms with Crippen molar-refractivity contribution in [3.63, 3.8) is 0 Å². The molecule has 2 aromatic carbocycles. The number of halogens is 2. The summed E-state index contributed by atoms with van der Waals surface area (Å²) >= 11 is 9.22. The Labute approximate surface area is 132 Å². The molecule has 0 aliphatic rings. The second-order valence-corrected chi connectivity index (χ2v) is 6.00. The molecule has 0 spiro atoms. The molecule has 0 aliphatic heterocycles. The van der Waals surface area contributed by atoms with Crippen molar-refractivity contribution in [2.45, 2.75) is 19.4 Å². The van der Waals surface area contributed by atoms with Gasteiger partial charge in [0.15, 0.2) is 0 Å². The van der Waals surface area contributed by atoms with Crippen LogP contribution in [0.2, 0.25) is 5.02 Å². The summed E-state index contributed by atoms with van der Waals surface area (Å²) < 4.78 is 1.03. The normalized spacial score (nSPS) is 11.9. The van der Waals surface area contributed by atoms with E-state index >= 15 is 0 Å². The number of carbonyl (C=O) groups excluding carboxylic acids is 1. The lowest BCUT2D eigenvalue weighted by atomic mass is 10.1. The fourth-order valence-corrected chi connectivity index (χ4v) is 2.31. The molecule has 0 aliphatic carbocycles. The lowest BCUT2D eigenvalue weighted by Gasteiger charge is -2.14. The SMILES string of the molecule is C[C@H](NC(=O)Cc1ccc(Cl)cc1)c1ccc(Br)cc1. The van der Waals surface area contributed by atoms with Crippen molar-refractivity contribution in [1.82, 2.24) is 5.32 Å². The van der Waals surface area contributed by atoms with E-state index in [9.17, 15) is 4.79 Å². The van der Waals surface area contributed by atoms with E-state index < -0.39 is 0 Å². The fourth-order valence-electron chi connectivity index (χ4n) is 1.91. The number of nitrogens with one attached hydrogen (secondary N) is 1. The van der Waals surface area contributed by atoms with Crippen LogP contribution in [0.5, 0.6) is 0 Å². The predicted octanol–water partition coefficient (Wildman–Crippen LogP) is 4.52. The fraction of sp³-hybridized carbons (Fsp3) is 0.188. The monoisotopic (exact) mass is 351 g/mol. The molecule has 0 unspecified atom stereocenters. The standard InChI is InChI=1S/C16H15BrClNO/c1-11(13-4-6-14(17)7-5-13)19-16(20)10-12-2-8-15(18)9-3-12/h2-9,11H,10H2,1H3,(H,19,20)/t11-/m0/s1. The molecule has 0 heterocycles. The first-order valence-corrected chi connectivity index (χ1v) is 7.51. The highest BCUT2D eigenvalue weighted by atomic mass is 79.9. The molecular weight excluding hydrogens is 338 g/mol. The lowest BCUT2D eigenvalue weighted by molar-refractivity contribution is -0.121. The zero-order chi connectivity index (χ0) is 14.5. The minimum atomic E-state index is -0.0112. The maximum Gasteiger partial charge on any atom is 0.224 e. The van der Waals surface area contributed by atoms with Gasteiger partial charge in [-0.2, -0.15) is 0 Å². The maximum absolute atomic E-state index is 12.0. The van der Waals surface area contributed by atoms with Crippen molar-refractivity contribution in [1.29, 1.82) is 0 Å². The highest BCUT2D eigenvalue weighted by Crippen LogP contribution is 2.17. The van der Waals surface area contributed by atoms with Crippen molar-refractivity contribution >= 4 is 33.4 Å². The highest BCUT2D eigenvalue weighted by Gasteiger charge is 2.10. The van der Waals surface area contributed by atoms with E-state index in [1.54, 1.807) is 12.1 Å². The summed E-state index contributed by atoms with van der Waals surface area (Å²) in [4.78, 5) is 12.0. The third-order valence-corrected chi connectivity index (χ3v) is 3.81. The van der Waals surface area contributed by atoms with Gasteiger partial charge in [0.25, 0.3) is 0 Å². The highest BCUT2D eigenvalue weighted by molar-refractivity contribution is 9.10. The molecule has 0 saturated carbocycles. The predicted molar refractivity (Wildman–Crippen MR) is 85.9 cm³/mol. The molecule has 4 heteroatoms. The van der Waals surface area contributed by atoms with E-state index in [-0.39, 0.29) is 11.9 Å². The molecule has 20 heavy (non-hydrogen) atoms. The van der Waals surface area contributed by atoms with Crippen molar-refractivity contribution in [2.75, 3.05) is 0 Å². The van der Waals surface area contributed by atoms with Gasteiger partial charge in [0.1, 0.15) is 0 Å². The van der Waals surface area contributed by atoms with Crippen molar-refractivity contribution in [3.8, 4) is 0 Å². The van der Waals surface area contributed by atoms with E-state index in [2.05, 4.69) is 21.2 Å². The summed E-state index contributed by atoms with van der Waals surface area (Å²) in [6.07, 6.45) is 0.359. The molecule has 0 saturated heterocycles. The largest absolute Gasteiger partial charge is 0.349 e. The number of hydrogen-bond donors (Lipinski definition) is 1. The Bertz CT molecular complexity index is 580. The Hall–Kier alpha value is -1.32. The molecule has 1 atom stereocenters. The van der Waals surface area contributed by atoms with E-state index in [0.29, 0.717) is 11.4 Å². The average Bonchev–Trinajstić information content (AvgIpc) is 2.42. The molecule has 104 valence electrons. The van der Waals surface area contributed by atoms with Crippen LogP contribution in [0.25, 0.3) is 0 Å². The van der Waals surface area contributed by atoms with Crippen LogP contribution in [0, 0.1) is 0 Å². The van der Waals surface area contributed by atoms with Gasteiger partial charge in [-0.05, 0) is 42.3 Å². The second-order valence-electron chi connectivity index (χ2n) is 4.64. The van der Waals surface area contributed by atoms with Crippen LogP contribution in [0.15, 0.2) is 53.0 Å². The molecule has 2 nitrogen and oxygen atoms in total. The van der Waals surface area contributed by atoms with Gasteiger partial charge in [-0.1, -0.05) is 51.8 Å². The molecular formula is C16H15BrClNO. The van der Waals surface area contributed by atoms with Crippen LogP contribution in [-0.2, 0) is 11.2 Å². The number of hydrogen-bond acceptors (Lipinski definition) is 1. The third kappa shape index (κ3) is 4.36. The number of amides is 1. The van der Waals surface area contributed by atoms with Crippen LogP contribution < -0.4 is 5.32 Å². The van der Waals surface area contributed by atoms with Gasteiger partial charge < -0.3 is 5.32 Å². The Morgan fingerprint density at radius 2 is 1.75 bits per heavy atom. The lowest BCUT2D eigenvalue weighted by Crippen LogP contribution is -2.28. The average molecular weight is 353 g/mol. The Balaban J connectivity index is 1.93. The van der Waals surface area contributed by atoms with Gasteiger partial charge >= 0.3 is 0 Å². The van der Waals surface area contributed by atoms with Gasteiger partial charge in [-0.15, -0.1) is 0 Å². The van der Waals surface area contributed by atoms with E-state index in [4.69, 9.17) is 11.6 Å². The Morgan fingerprint density at radius 3 is 2.35 bits per heavy atom. The first-order valence-electron chi connectivity index (χ1n) is 6.34. The molecule has 0 bridgehead atoms. The molecule has 2 aromatic rings. The van der Waals surface area contributed by atoms with Crippen LogP contribution in [0.4, 0.5) is 0 Å². The molecule has 2 rings (SSSR count). The van der Waals surface area contributed by atoms with Crippen LogP contribution in [0.1, 0.15) is 24.1 Å². The first-order chi connectivity index (χ1) is 9.54. The molecule has 1 N–H and O–H groups in total. The van der Waals surface area contributed by atoms with Gasteiger partial charge in [-0.3, -0.25) is 4.79 Å². The van der Waals surface area contributed by atoms with E-state index in [0.717, 1.165) is 15.6 Å². The van der Waals surface area contributed by atoms with Crippen LogP contribution in [-0.4, -0.2) is 5.91 Å². The Morgan fingerprint density at radius 1 is 1.15 bits per heavy atom. The topological polar surface area (TPSA) is 29.1 Å². The minimum absolute atomic E-state index is 0.00254. The molecule has 1 amide bonds. The zero-order valence-electron chi connectivity index (χ0n) is 11.1. The van der Waals surface area contributed by atoms with Crippen molar-refractivity contribution in [3.05, 3.63) is 69.2 Å². The Kier molecular flexibility index (Phi) is 5.21. The van der Waals surface area contributed by atoms with Gasteiger partial charge in [0, 0.05) is 9.50 Å². The second kappa shape index (κ2) is 6.91. The summed E-state index contributed by atoms with van der Waals surface area (Å²) in [5, 5.41) is 3.67. The smallest absolute Gasteiger partial charge is 0.224 e. The van der Waals surface area contributed by atoms with E-state index in [1.807, 2.05) is 43.3 Å². The van der Waals surface area contributed by atoms with Crippen LogP contribution in [0.3, 0.4) is 0 Å². The number of rotatable bonds is 4. The van der Waals surface area contributed by atoms with Crippen molar-refractivity contribution in [2.24, 2.45) is 0 Å². The maximum atomic E-state index is 12.0. The van der Waals surface area contributed by atoms with Gasteiger partial charge in [0.05, 0.1) is 12.5 Å². The van der Waals surface area contributed by atoms with E-state index in [1.165, 1.54) is 0 Å². The third-order valence-electron chi connectivity index (χ3n) is 3.03. The molecule has 0 radical (unpaired) electrons. The van der Waals surface area contributed by atoms with Crippen molar-refractivity contribution < 1.29 is 4.79 Å². The summed E-state index contributed by atoms with van der Waals surface area (Å²) in [6, 6.07) is 15.2. The van der Waals surface area contributed by atoms with Gasteiger partial charge in [-0.25, -0.2) is 0 Å². The summed E-state index contributed by atoms with van der Waals surface area (Å²) in [5.74, 6) is 0.00254. The number of benzene rings is 2.